The molecule has 1 aromatic heterocycles. The van der Waals surface area contributed by atoms with Crippen molar-refractivity contribution < 1.29 is 4.74 Å². The van der Waals surface area contributed by atoms with Crippen LogP contribution in [0.1, 0.15) is 17.5 Å². The first kappa shape index (κ1) is 21.4. The van der Waals surface area contributed by atoms with Crippen LogP contribution in [-0.4, -0.2) is 42.3 Å². The van der Waals surface area contributed by atoms with Crippen molar-refractivity contribution in [2.45, 2.75) is 25.8 Å². The second-order valence-corrected chi connectivity index (χ2v) is 7.00. The highest BCUT2D eigenvalue weighted by atomic mass is 127. The second-order valence-electron chi connectivity index (χ2n) is 7.00. The Bertz CT molecular complexity index is 969. The lowest BCUT2D eigenvalue weighted by molar-refractivity contribution is 0.357. The Kier molecular flexibility index (Phi) is 7.74. The summed E-state index contributed by atoms with van der Waals surface area (Å²) in [6.07, 6.45) is 4.91. The summed E-state index contributed by atoms with van der Waals surface area (Å²) in [6.45, 7) is 3.46. The third kappa shape index (κ3) is 5.41. The van der Waals surface area contributed by atoms with Gasteiger partial charge in [0.05, 0.1) is 24.0 Å². The minimum atomic E-state index is 0. The molecular weight excluding hydrogens is 477 g/mol. The maximum Gasteiger partial charge on any atom is 0.190 e. The van der Waals surface area contributed by atoms with Gasteiger partial charge in [0.15, 0.2) is 5.96 Å². The van der Waals surface area contributed by atoms with Crippen LogP contribution in [0.25, 0.3) is 11.0 Å². The SMILES string of the molecule is CN=C(NCCCn1cnc2ccccc21)NCCc1ccc2c(c1)CCO2.I. The van der Waals surface area contributed by atoms with Crippen LogP contribution in [0.3, 0.4) is 0 Å². The van der Waals surface area contributed by atoms with Gasteiger partial charge in [0.2, 0.25) is 0 Å². The molecule has 4 rings (SSSR count). The summed E-state index contributed by atoms with van der Waals surface area (Å²) in [4.78, 5) is 8.76. The van der Waals surface area contributed by atoms with Gasteiger partial charge in [-0.2, -0.15) is 0 Å². The van der Waals surface area contributed by atoms with E-state index in [0.717, 1.165) is 62.7 Å². The molecular formula is C22H28IN5O. The second kappa shape index (κ2) is 10.5. The molecule has 2 aromatic carbocycles. The Morgan fingerprint density at radius 2 is 2.03 bits per heavy atom. The summed E-state index contributed by atoms with van der Waals surface area (Å²) in [7, 11) is 1.81. The van der Waals surface area contributed by atoms with E-state index in [0.29, 0.717) is 0 Å². The fourth-order valence-corrected chi connectivity index (χ4v) is 3.59. The number of aliphatic imine (C=N–C) groups is 1. The molecule has 0 spiro atoms. The molecule has 0 atom stereocenters. The van der Waals surface area contributed by atoms with Crippen molar-refractivity contribution in [3.05, 3.63) is 59.9 Å². The van der Waals surface area contributed by atoms with E-state index in [-0.39, 0.29) is 24.0 Å². The van der Waals surface area contributed by atoms with Crippen LogP contribution in [0.5, 0.6) is 5.75 Å². The first-order chi connectivity index (χ1) is 13.8. The van der Waals surface area contributed by atoms with Crippen LogP contribution >= 0.6 is 24.0 Å². The average Bonchev–Trinajstić information content (AvgIpc) is 3.36. The molecule has 1 aliphatic rings. The van der Waals surface area contributed by atoms with Gasteiger partial charge in [-0.15, -0.1) is 24.0 Å². The third-order valence-electron chi connectivity index (χ3n) is 5.08. The largest absolute Gasteiger partial charge is 0.493 e. The topological polar surface area (TPSA) is 63.5 Å². The molecule has 0 saturated heterocycles. The Morgan fingerprint density at radius 3 is 2.93 bits per heavy atom. The number of halogens is 1. The monoisotopic (exact) mass is 505 g/mol. The van der Waals surface area contributed by atoms with Crippen LogP contribution in [0.2, 0.25) is 0 Å². The molecule has 1 aliphatic heterocycles. The molecule has 0 fully saturated rings. The maximum absolute atomic E-state index is 5.57. The van der Waals surface area contributed by atoms with E-state index in [1.165, 1.54) is 16.6 Å². The van der Waals surface area contributed by atoms with Gasteiger partial charge in [-0.05, 0) is 42.2 Å². The molecule has 29 heavy (non-hydrogen) atoms. The van der Waals surface area contributed by atoms with Gasteiger partial charge in [0.25, 0.3) is 0 Å². The molecule has 2 heterocycles. The fraction of sp³-hybridized carbons (Fsp3) is 0.364. The fourth-order valence-electron chi connectivity index (χ4n) is 3.59. The number of benzene rings is 2. The van der Waals surface area contributed by atoms with Gasteiger partial charge in [0.1, 0.15) is 5.75 Å². The van der Waals surface area contributed by atoms with Gasteiger partial charge in [-0.1, -0.05) is 24.3 Å². The van der Waals surface area contributed by atoms with Crippen LogP contribution in [0.15, 0.2) is 53.8 Å². The molecule has 0 unspecified atom stereocenters. The smallest absolute Gasteiger partial charge is 0.190 e. The van der Waals surface area contributed by atoms with Crippen molar-refractivity contribution in [2.75, 3.05) is 26.7 Å². The lowest BCUT2D eigenvalue weighted by atomic mass is 10.1. The first-order valence-corrected chi connectivity index (χ1v) is 9.92. The molecule has 6 nitrogen and oxygen atoms in total. The van der Waals surface area contributed by atoms with Crippen molar-refractivity contribution in [1.29, 1.82) is 0 Å². The molecule has 0 bridgehead atoms. The van der Waals surface area contributed by atoms with Crippen LogP contribution in [0.4, 0.5) is 0 Å². The number of guanidine groups is 1. The summed E-state index contributed by atoms with van der Waals surface area (Å²) >= 11 is 0. The van der Waals surface area contributed by atoms with Gasteiger partial charge in [-0.3, -0.25) is 4.99 Å². The van der Waals surface area contributed by atoms with Crippen molar-refractivity contribution in [3.63, 3.8) is 0 Å². The zero-order valence-electron chi connectivity index (χ0n) is 16.7. The number of nitrogens with one attached hydrogen (secondary N) is 2. The summed E-state index contributed by atoms with van der Waals surface area (Å²) in [5.41, 5.74) is 4.89. The van der Waals surface area contributed by atoms with E-state index in [1.807, 2.05) is 25.5 Å². The summed E-state index contributed by atoms with van der Waals surface area (Å²) in [5.74, 6) is 1.89. The highest BCUT2D eigenvalue weighted by Crippen LogP contribution is 2.25. The predicted molar refractivity (Wildman–Crippen MR) is 128 cm³/mol. The predicted octanol–water partition coefficient (Wildman–Crippen LogP) is 3.39. The third-order valence-corrected chi connectivity index (χ3v) is 5.08. The van der Waals surface area contributed by atoms with Gasteiger partial charge < -0.3 is 19.9 Å². The molecule has 0 aliphatic carbocycles. The van der Waals surface area contributed by atoms with E-state index in [2.05, 4.69) is 55.5 Å². The highest BCUT2D eigenvalue weighted by Gasteiger charge is 2.11. The first-order valence-electron chi connectivity index (χ1n) is 9.92. The van der Waals surface area contributed by atoms with Crippen molar-refractivity contribution in [3.8, 4) is 5.75 Å². The van der Waals surface area contributed by atoms with E-state index in [9.17, 15) is 0 Å². The number of nitrogens with zero attached hydrogens (tertiary/aromatic N) is 3. The highest BCUT2D eigenvalue weighted by molar-refractivity contribution is 14.0. The number of aromatic nitrogens is 2. The Balaban J connectivity index is 0.00000240. The summed E-state index contributed by atoms with van der Waals surface area (Å²) in [5, 5.41) is 6.79. The van der Waals surface area contributed by atoms with Crippen molar-refractivity contribution in [2.24, 2.45) is 4.99 Å². The van der Waals surface area contributed by atoms with Crippen LogP contribution < -0.4 is 15.4 Å². The zero-order valence-corrected chi connectivity index (χ0v) is 19.1. The quantitative estimate of drug-likeness (QED) is 0.224. The van der Waals surface area contributed by atoms with Crippen LogP contribution in [-0.2, 0) is 19.4 Å². The number of para-hydroxylation sites is 2. The van der Waals surface area contributed by atoms with Crippen molar-refractivity contribution >= 4 is 41.0 Å². The normalized spacial score (nSPS) is 12.9. The molecule has 7 heteroatoms. The Morgan fingerprint density at radius 1 is 1.17 bits per heavy atom. The molecule has 0 radical (unpaired) electrons. The Labute approximate surface area is 188 Å². The lowest BCUT2D eigenvalue weighted by Gasteiger charge is -2.12. The van der Waals surface area contributed by atoms with Crippen LogP contribution in [0, 0.1) is 0 Å². The summed E-state index contributed by atoms with van der Waals surface area (Å²) in [6, 6.07) is 14.7. The number of ether oxygens (including phenoxy) is 1. The number of aryl methyl sites for hydroxylation is 1. The maximum atomic E-state index is 5.57. The number of hydrogen-bond donors (Lipinski definition) is 2. The minimum absolute atomic E-state index is 0. The molecule has 3 aromatic rings. The van der Waals surface area contributed by atoms with Gasteiger partial charge >= 0.3 is 0 Å². The molecule has 154 valence electrons. The lowest BCUT2D eigenvalue weighted by Crippen LogP contribution is -2.38. The number of fused-ring (bicyclic) bond motifs is 2. The standard InChI is InChI=1S/C22H27N5O.HI/c1-23-22(25-12-9-17-7-8-21-18(15-17)10-14-28-21)24-11-4-13-27-16-26-19-5-2-3-6-20(19)27;/h2-3,5-8,15-16H,4,9-14H2,1H3,(H2,23,24,25);1H. The zero-order chi connectivity index (χ0) is 19.2. The van der Waals surface area contributed by atoms with E-state index in [4.69, 9.17) is 4.74 Å². The molecule has 2 N–H and O–H groups in total. The average molecular weight is 505 g/mol. The summed E-state index contributed by atoms with van der Waals surface area (Å²) < 4.78 is 7.77. The van der Waals surface area contributed by atoms with E-state index in [1.54, 1.807) is 0 Å². The minimum Gasteiger partial charge on any atom is -0.493 e. The number of hydrogen-bond acceptors (Lipinski definition) is 3. The van der Waals surface area contributed by atoms with Gasteiger partial charge in [0, 0.05) is 33.1 Å². The van der Waals surface area contributed by atoms with Gasteiger partial charge in [-0.25, -0.2) is 4.98 Å². The number of imidazole rings is 1. The van der Waals surface area contributed by atoms with E-state index >= 15 is 0 Å². The van der Waals surface area contributed by atoms with Crippen molar-refractivity contribution in [1.82, 2.24) is 20.2 Å². The Hall–Kier alpha value is -2.29. The number of rotatable bonds is 7. The molecule has 0 saturated carbocycles. The molecule has 0 amide bonds. The van der Waals surface area contributed by atoms with E-state index < -0.39 is 0 Å².